The minimum atomic E-state index is 0.0674. The van der Waals surface area contributed by atoms with Crippen LogP contribution in [0.3, 0.4) is 0 Å². The van der Waals surface area contributed by atoms with E-state index in [1.807, 2.05) is 18.2 Å². The zero-order valence-electron chi connectivity index (χ0n) is 9.76. The molecular weight excluding hydrogens is 196 g/mol. The fraction of sp³-hybridized carbons (Fsp3) is 0.500. The van der Waals surface area contributed by atoms with Gasteiger partial charge in [0.25, 0.3) is 0 Å². The molecule has 2 nitrogen and oxygen atoms in total. The van der Waals surface area contributed by atoms with Crippen LogP contribution in [0.15, 0.2) is 30.3 Å². The van der Waals surface area contributed by atoms with E-state index in [1.54, 1.807) is 0 Å². The van der Waals surface area contributed by atoms with Crippen molar-refractivity contribution in [2.24, 2.45) is 5.92 Å². The van der Waals surface area contributed by atoms with Gasteiger partial charge in [0.15, 0.2) is 0 Å². The molecule has 0 N–H and O–H groups in total. The van der Waals surface area contributed by atoms with Crippen molar-refractivity contribution in [2.75, 3.05) is 19.6 Å². The van der Waals surface area contributed by atoms with Crippen molar-refractivity contribution in [3.63, 3.8) is 0 Å². The second kappa shape index (κ2) is 5.14. The first kappa shape index (κ1) is 11.2. The Bertz CT molecular complexity index is 366. The molecule has 0 radical (unpaired) electrons. The summed E-state index contributed by atoms with van der Waals surface area (Å²) in [4.78, 5) is 2.43. The summed E-state index contributed by atoms with van der Waals surface area (Å²) in [5, 5.41) is 9.33. The van der Waals surface area contributed by atoms with Crippen LogP contribution in [0.4, 0.5) is 0 Å². The molecular formula is C14H18N2. The number of likely N-dealkylation sites (tertiary alicyclic amines) is 1. The van der Waals surface area contributed by atoms with Crippen LogP contribution in [-0.4, -0.2) is 24.5 Å². The predicted molar refractivity (Wildman–Crippen MR) is 65.0 cm³/mol. The molecule has 2 heteroatoms. The minimum Gasteiger partial charge on any atom is -0.303 e. The average molecular weight is 214 g/mol. The fourth-order valence-corrected chi connectivity index (χ4v) is 2.53. The fourth-order valence-electron chi connectivity index (χ4n) is 2.53. The molecule has 1 aliphatic heterocycles. The number of hydrogen-bond acceptors (Lipinski definition) is 2. The van der Waals surface area contributed by atoms with E-state index in [0.717, 1.165) is 26.1 Å². The Morgan fingerprint density at radius 1 is 1.44 bits per heavy atom. The van der Waals surface area contributed by atoms with Gasteiger partial charge in [0, 0.05) is 6.54 Å². The quantitative estimate of drug-likeness (QED) is 0.773. The van der Waals surface area contributed by atoms with Gasteiger partial charge in [-0.3, -0.25) is 0 Å². The van der Waals surface area contributed by atoms with E-state index in [2.05, 4.69) is 30.0 Å². The molecule has 1 aromatic rings. The highest BCUT2D eigenvalue weighted by molar-refractivity contribution is 5.26. The Morgan fingerprint density at radius 3 is 2.75 bits per heavy atom. The Hall–Kier alpha value is -1.33. The summed E-state index contributed by atoms with van der Waals surface area (Å²) in [6.45, 7) is 5.51. The Kier molecular flexibility index (Phi) is 3.58. The maximum absolute atomic E-state index is 9.33. The van der Waals surface area contributed by atoms with Crippen LogP contribution in [0, 0.1) is 17.2 Å². The van der Waals surface area contributed by atoms with Gasteiger partial charge >= 0.3 is 0 Å². The van der Waals surface area contributed by atoms with Crippen molar-refractivity contribution in [3.8, 4) is 6.07 Å². The van der Waals surface area contributed by atoms with Gasteiger partial charge in [0.2, 0.25) is 0 Å². The molecule has 84 valence electrons. The molecule has 1 aliphatic rings. The third kappa shape index (κ3) is 2.25. The summed E-state index contributed by atoms with van der Waals surface area (Å²) >= 11 is 0. The monoisotopic (exact) mass is 214 g/mol. The highest BCUT2D eigenvalue weighted by Gasteiger charge is 2.29. The smallest absolute Gasteiger partial charge is 0.0753 e. The molecule has 16 heavy (non-hydrogen) atoms. The van der Waals surface area contributed by atoms with Crippen molar-refractivity contribution in [3.05, 3.63) is 35.9 Å². The van der Waals surface area contributed by atoms with E-state index in [-0.39, 0.29) is 5.92 Å². The Morgan fingerprint density at radius 2 is 2.19 bits per heavy atom. The lowest BCUT2D eigenvalue weighted by Gasteiger charge is -2.18. The predicted octanol–water partition coefficient (Wildman–Crippen LogP) is 2.64. The Labute approximate surface area is 97.5 Å². The standard InChI is InChI=1S/C14H18N2/c1-2-16-9-8-13(11-16)14(10-15)12-6-4-3-5-7-12/h3-7,13-14H,2,8-9,11H2,1H3/t13-,14-/m1/s1. The molecule has 1 heterocycles. The Balaban J connectivity index is 2.10. The molecule has 1 fully saturated rings. The molecule has 0 bridgehead atoms. The second-order valence-corrected chi connectivity index (χ2v) is 4.46. The molecule has 0 amide bonds. The summed E-state index contributed by atoms with van der Waals surface area (Å²) in [6, 6.07) is 12.7. The number of rotatable bonds is 3. The zero-order chi connectivity index (χ0) is 11.4. The van der Waals surface area contributed by atoms with E-state index in [0.29, 0.717) is 5.92 Å². The van der Waals surface area contributed by atoms with Crippen molar-refractivity contribution >= 4 is 0 Å². The number of hydrogen-bond donors (Lipinski definition) is 0. The zero-order valence-corrected chi connectivity index (χ0v) is 9.76. The van der Waals surface area contributed by atoms with Gasteiger partial charge < -0.3 is 4.90 Å². The lowest BCUT2D eigenvalue weighted by molar-refractivity contribution is 0.337. The van der Waals surface area contributed by atoms with Crippen molar-refractivity contribution in [2.45, 2.75) is 19.3 Å². The highest BCUT2D eigenvalue weighted by atomic mass is 15.1. The summed E-state index contributed by atoms with van der Waals surface area (Å²) in [6.07, 6.45) is 1.15. The molecule has 0 spiro atoms. The van der Waals surface area contributed by atoms with Crippen LogP contribution in [0.5, 0.6) is 0 Å². The lowest BCUT2D eigenvalue weighted by atomic mass is 9.86. The minimum absolute atomic E-state index is 0.0674. The van der Waals surface area contributed by atoms with Gasteiger partial charge in [0.1, 0.15) is 0 Å². The van der Waals surface area contributed by atoms with Gasteiger partial charge in [-0.15, -0.1) is 0 Å². The second-order valence-electron chi connectivity index (χ2n) is 4.46. The summed E-state index contributed by atoms with van der Waals surface area (Å²) in [5.41, 5.74) is 1.17. The van der Waals surface area contributed by atoms with Gasteiger partial charge in [-0.05, 0) is 31.0 Å². The maximum Gasteiger partial charge on any atom is 0.0753 e. The maximum atomic E-state index is 9.33. The topological polar surface area (TPSA) is 27.0 Å². The van der Waals surface area contributed by atoms with Gasteiger partial charge in [-0.25, -0.2) is 0 Å². The van der Waals surface area contributed by atoms with Crippen LogP contribution in [-0.2, 0) is 0 Å². The van der Waals surface area contributed by atoms with E-state index >= 15 is 0 Å². The lowest BCUT2D eigenvalue weighted by Crippen LogP contribution is -2.21. The van der Waals surface area contributed by atoms with Crippen LogP contribution < -0.4 is 0 Å². The van der Waals surface area contributed by atoms with Crippen molar-refractivity contribution in [1.29, 1.82) is 5.26 Å². The first-order valence-corrected chi connectivity index (χ1v) is 6.02. The molecule has 0 aliphatic carbocycles. The molecule has 1 saturated heterocycles. The third-order valence-corrected chi connectivity index (χ3v) is 3.53. The van der Waals surface area contributed by atoms with Gasteiger partial charge in [-0.1, -0.05) is 37.3 Å². The van der Waals surface area contributed by atoms with Crippen LogP contribution in [0.25, 0.3) is 0 Å². The number of benzene rings is 1. The first-order valence-electron chi connectivity index (χ1n) is 6.02. The normalized spacial score (nSPS) is 22.9. The molecule has 1 aromatic carbocycles. The van der Waals surface area contributed by atoms with Crippen LogP contribution in [0.2, 0.25) is 0 Å². The summed E-state index contributed by atoms with van der Waals surface area (Å²) < 4.78 is 0. The number of nitrogens with zero attached hydrogens (tertiary/aromatic N) is 2. The van der Waals surface area contributed by atoms with E-state index in [9.17, 15) is 5.26 Å². The summed E-state index contributed by atoms with van der Waals surface area (Å²) in [7, 11) is 0. The van der Waals surface area contributed by atoms with E-state index in [1.165, 1.54) is 5.56 Å². The molecule has 2 rings (SSSR count). The molecule has 2 atom stereocenters. The molecule has 0 saturated carbocycles. The average Bonchev–Trinajstić information content (AvgIpc) is 2.80. The first-order chi connectivity index (χ1) is 7.85. The SMILES string of the molecule is CCN1CC[C@@H]([C@H](C#N)c2ccccc2)C1. The highest BCUT2D eigenvalue weighted by Crippen LogP contribution is 2.31. The van der Waals surface area contributed by atoms with Gasteiger partial charge in [-0.2, -0.15) is 5.26 Å². The van der Waals surface area contributed by atoms with Crippen LogP contribution in [0.1, 0.15) is 24.8 Å². The van der Waals surface area contributed by atoms with Crippen molar-refractivity contribution < 1.29 is 0 Å². The van der Waals surface area contributed by atoms with Gasteiger partial charge in [0.05, 0.1) is 12.0 Å². The largest absolute Gasteiger partial charge is 0.303 e. The number of nitriles is 1. The summed E-state index contributed by atoms with van der Waals surface area (Å²) in [5.74, 6) is 0.574. The van der Waals surface area contributed by atoms with Crippen molar-refractivity contribution in [1.82, 2.24) is 4.90 Å². The van der Waals surface area contributed by atoms with E-state index < -0.39 is 0 Å². The molecule has 0 aromatic heterocycles. The molecule has 0 unspecified atom stereocenters. The third-order valence-electron chi connectivity index (χ3n) is 3.53. The van der Waals surface area contributed by atoms with E-state index in [4.69, 9.17) is 0 Å². The van der Waals surface area contributed by atoms with Crippen LogP contribution >= 0.6 is 0 Å².